The van der Waals surface area contributed by atoms with Gasteiger partial charge in [0, 0.05) is 19.2 Å². The summed E-state index contributed by atoms with van der Waals surface area (Å²) in [5, 5.41) is 16.3. The van der Waals surface area contributed by atoms with Crippen molar-refractivity contribution in [3.63, 3.8) is 0 Å². The minimum Gasteiger partial charge on any atom is -0.396 e. The largest absolute Gasteiger partial charge is 0.396 e. The molecule has 2 N–H and O–H groups in total. The van der Waals surface area contributed by atoms with Crippen LogP contribution in [0.3, 0.4) is 0 Å². The summed E-state index contributed by atoms with van der Waals surface area (Å²) >= 11 is 0. The summed E-state index contributed by atoms with van der Waals surface area (Å²) in [4.78, 5) is 12.1. The number of rotatable bonds is 6. The van der Waals surface area contributed by atoms with Gasteiger partial charge in [0.05, 0.1) is 5.69 Å². The fourth-order valence-electron chi connectivity index (χ4n) is 1.65. The predicted octanol–water partition coefficient (Wildman–Crippen LogP) is 1.21. The number of nitrogens with one attached hydrogen (secondary N) is 1. The standard InChI is InChI=1S/C13H23N3O2/c1-5-11-7-12(16(6-2)15-11)13(18)14-10(4)9(3)8-17/h7,9-10,17H,5-6,8H2,1-4H3,(H,14,18). The highest BCUT2D eigenvalue weighted by molar-refractivity contribution is 5.92. The molecule has 0 aliphatic carbocycles. The van der Waals surface area contributed by atoms with Crippen molar-refractivity contribution in [2.45, 2.75) is 46.7 Å². The minimum absolute atomic E-state index is 0.0394. The first kappa shape index (κ1) is 14.7. The van der Waals surface area contributed by atoms with Crippen LogP contribution in [0.1, 0.15) is 43.9 Å². The van der Waals surface area contributed by atoms with Crippen LogP contribution in [0, 0.1) is 5.92 Å². The van der Waals surface area contributed by atoms with E-state index in [4.69, 9.17) is 5.11 Å². The number of hydrogen-bond acceptors (Lipinski definition) is 3. The fraction of sp³-hybridized carbons (Fsp3) is 0.692. The SMILES string of the molecule is CCc1cc(C(=O)NC(C)C(C)CO)n(CC)n1. The molecule has 0 aliphatic heterocycles. The lowest BCUT2D eigenvalue weighted by Gasteiger charge is -2.19. The van der Waals surface area contributed by atoms with E-state index in [2.05, 4.69) is 10.4 Å². The van der Waals surface area contributed by atoms with E-state index in [1.54, 1.807) is 4.68 Å². The van der Waals surface area contributed by atoms with Gasteiger partial charge in [-0.15, -0.1) is 0 Å². The third kappa shape index (κ3) is 3.32. The summed E-state index contributed by atoms with van der Waals surface area (Å²) in [6.45, 7) is 8.51. The van der Waals surface area contributed by atoms with E-state index in [1.165, 1.54) is 0 Å². The lowest BCUT2D eigenvalue weighted by atomic mass is 10.1. The Hall–Kier alpha value is -1.36. The normalized spacial score (nSPS) is 14.3. The Morgan fingerprint density at radius 3 is 2.67 bits per heavy atom. The third-order valence-electron chi connectivity index (χ3n) is 3.23. The molecule has 0 saturated carbocycles. The van der Waals surface area contributed by atoms with Crippen molar-refractivity contribution in [3.8, 4) is 0 Å². The average molecular weight is 253 g/mol. The molecule has 5 nitrogen and oxygen atoms in total. The molecule has 18 heavy (non-hydrogen) atoms. The second-order valence-corrected chi connectivity index (χ2v) is 4.61. The maximum atomic E-state index is 12.1. The summed E-state index contributed by atoms with van der Waals surface area (Å²) < 4.78 is 1.71. The van der Waals surface area contributed by atoms with Crippen LogP contribution >= 0.6 is 0 Å². The van der Waals surface area contributed by atoms with Gasteiger partial charge in [-0.3, -0.25) is 9.48 Å². The van der Waals surface area contributed by atoms with Gasteiger partial charge in [0.15, 0.2) is 0 Å². The van der Waals surface area contributed by atoms with E-state index in [0.717, 1.165) is 12.1 Å². The molecule has 0 spiro atoms. The molecule has 102 valence electrons. The molecule has 1 rings (SSSR count). The van der Waals surface area contributed by atoms with Gasteiger partial charge in [-0.25, -0.2) is 0 Å². The van der Waals surface area contributed by atoms with E-state index in [9.17, 15) is 4.79 Å². The minimum atomic E-state index is -0.128. The number of aliphatic hydroxyl groups is 1. The van der Waals surface area contributed by atoms with Crippen LogP contribution in [0.5, 0.6) is 0 Å². The maximum absolute atomic E-state index is 12.1. The number of aliphatic hydroxyl groups excluding tert-OH is 1. The van der Waals surface area contributed by atoms with Gasteiger partial charge < -0.3 is 10.4 Å². The first-order valence-corrected chi connectivity index (χ1v) is 6.51. The zero-order valence-corrected chi connectivity index (χ0v) is 11.6. The van der Waals surface area contributed by atoms with Crippen molar-refractivity contribution in [3.05, 3.63) is 17.5 Å². The molecule has 0 bridgehead atoms. The van der Waals surface area contributed by atoms with Crippen LogP contribution in [-0.4, -0.2) is 33.4 Å². The molecule has 1 aromatic rings. The molecular weight excluding hydrogens is 230 g/mol. The van der Waals surface area contributed by atoms with Crippen molar-refractivity contribution in [1.82, 2.24) is 15.1 Å². The lowest BCUT2D eigenvalue weighted by molar-refractivity contribution is 0.0905. The molecule has 5 heteroatoms. The molecule has 2 unspecified atom stereocenters. The smallest absolute Gasteiger partial charge is 0.269 e. The van der Waals surface area contributed by atoms with E-state index in [0.29, 0.717) is 12.2 Å². The molecule has 0 fully saturated rings. The van der Waals surface area contributed by atoms with Gasteiger partial charge in [-0.1, -0.05) is 13.8 Å². The zero-order chi connectivity index (χ0) is 13.7. The van der Waals surface area contributed by atoms with Gasteiger partial charge in [-0.05, 0) is 32.3 Å². The Labute approximate surface area is 108 Å². The molecule has 0 saturated heterocycles. The first-order valence-electron chi connectivity index (χ1n) is 6.51. The number of aryl methyl sites for hydroxylation is 2. The lowest BCUT2D eigenvalue weighted by Crippen LogP contribution is -2.39. The summed E-state index contributed by atoms with van der Waals surface area (Å²) in [5.74, 6) is -0.0885. The van der Waals surface area contributed by atoms with E-state index < -0.39 is 0 Å². The molecule has 2 atom stereocenters. The van der Waals surface area contributed by atoms with Crippen LogP contribution in [0.15, 0.2) is 6.07 Å². The Kier molecular flexibility index (Phi) is 5.34. The van der Waals surface area contributed by atoms with Crippen molar-refractivity contribution >= 4 is 5.91 Å². The number of nitrogens with zero attached hydrogens (tertiary/aromatic N) is 2. The quantitative estimate of drug-likeness (QED) is 0.801. The van der Waals surface area contributed by atoms with Crippen LogP contribution in [-0.2, 0) is 13.0 Å². The van der Waals surface area contributed by atoms with E-state index in [-0.39, 0.29) is 24.5 Å². The van der Waals surface area contributed by atoms with E-state index in [1.807, 2.05) is 33.8 Å². The van der Waals surface area contributed by atoms with Crippen LogP contribution in [0.2, 0.25) is 0 Å². The molecule has 0 aromatic carbocycles. The maximum Gasteiger partial charge on any atom is 0.269 e. The van der Waals surface area contributed by atoms with Gasteiger partial charge in [-0.2, -0.15) is 5.10 Å². The fourth-order valence-corrected chi connectivity index (χ4v) is 1.65. The molecule has 1 amide bonds. The molecule has 1 heterocycles. The number of carbonyl (C=O) groups is 1. The average Bonchev–Trinajstić information content (AvgIpc) is 2.80. The van der Waals surface area contributed by atoms with Crippen molar-refractivity contribution in [1.29, 1.82) is 0 Å². The Bertz CT molecular complexity index is 401. The van der Waals surface area contributed by atoms with Crippen LogP contribution < -0.4 is 5.32 Å². The summed E-state index contributed by atoms with van der Waals surface area (Å²) in [6.07, 6.45) is 0.815. The van der Waals surface area contributed by atoms with Crippen molar-refractivity contribution in [2.75, 3.05) is 6.61 Å². The van der Waals surface area contributed by atoms with Crippen molar-refractivity contribution in [2.24, 2.45) is 5.92 Å². The van der Waals surface area contributed by atoms with Crippen molar-refractivity contribution < 1.29 is 9.90 Å². The number of hydrogen-bond donors (Lipinski definition) is 2. The Balaban J connectivity index is 2.80. The highest BCUT2D eigenvalue weighted by atomic mass is 16.3. The summed E-state index contributed by atoms with van der Waals surface area (Å²) in [6, 6.07) is 1.77. The number of amides is 1. The van der Waals surface area contributed by atoms with Gasteiger partial charge in [0.1, 0.15) is 5.69 Å². The highest BCUT2D eigenvalue weighted by Gasteiger charge is 2.18. The second-order valence-electron chi connectivity index (χ2n) is 4.61. The topological polar surface area (TPSA) is 67.2 Å². The van der Waals surface area contributed by atoms with Crippen LogP contribution in [0.25, 0.3) is 0 Å². The van der Waals surface area contributed by atoms with Gasteiger partial charge in [0.25, 0.3) is 5.91 Å². The van der Waals surface area contributed by atoms with Crippen LogP contribution in [0.4, 0.5) is 0 Å². The summed E-state index contributed by atoms with van der Waals surface area (Å²) in [7, 11) is 0. The zero-order valence-electron chi connectivity index (χ0n) is 11.6. The Morgan fingerprint density at radius 1 is 1.50 bits per heavy atom. The molecule has 1 aromatic heterocycles. The second kappa shape index (κ2) is 6.54. The number of aromatic nitrogens is 2. The van der Waals surface area contributed by atoms with Gasteiger partial charge >= 0.3 is 0 Å². The predicted molar refractivity (Wildman–Crippen MR) is 70.5 cm³/mol. The molecule has 0 aliphatic rings. The first-order chi connectivity index (χ1) is 8.53. The monoisotopic (exact) mass is 253 g/mol. The number of carbonyl (C=O) groups excluding carboxylic acids is 1. The summed E-state index contributed by atoms with van der Waals surface area (Å²) in [5.41, 5.74) is 1.51. The van der Waals surface area contributed by atoms with Gasteiger partial charge in [0.2, 0.25) is 0 Å². The molecular formula is C13H23N3O2. The highest BCUT2D eigenvalue weighted by Crippen LogP contribution is 2.08. The Morgan fingerprint density at radius 2 is 2.17 bits per heavy atom. The molecule has 0 radical (unpaired) electrons. The third-order valence-corrected chi connectivity index (χ3v) is 3.23. The van der Waals surface area contributed by atoms with E-state index >= 15 is 0 Å².